The van der Waals surface area contributed by atoms with Gasteiger partial charge in [0.15, 0.2) is 5.82 Å². The molecule has 0 bridgehead atoms. The molecular weight excluding hydrogens is 424 g/mol. The van der Waals surface area contributed by atoms with Gasteiger partial charge in [-0.25, -0.2) is 9.97 Å². The first kappa shape index (κ1) is 21.9. The Labute approximate surface area is 199 Å². The molecule has 0 saturated carbocycles. The van der Waals surface area contributed by atoms with Crippen LogP contribution in [0.25, 0.3) is 21.9 Å². The van der Waals surface area contributed by atoms with Crippen LogP contribution in [0.4, 0.5) is 5.82 Å². The molecule has 0 aliphatic rings. The Morgan fingerprint density at radius 3 is 2.47 bits per heavy atom. The number of aromatic nitrogens is 3. The summed E-state index contributed by atoms with van der Waals surface area (Å²) < 4.78 is 14.0. The van der Waals surface area contributed by atoms with Crippen molar-refractivity contribution in [3.8, 4) is 5.75 Å². The van der Waals surface area contributed by atoms with Crippen LogP contribution in [0.3, 0.4) is 0 Å². The summed E-state index contributed by atoms with van der Waals surface area (Å²) in [6, 6.07) is 26.6. The molecule has 1 unspecified atom stereocenters. The Balaban J connectivity index is 1.41. The summed E-state index contributed by atoms with van der Waals surface area (Å²) in [5, 5.41) is 1.04. The van der Waals surface area contributed by atoms with Crippen LogP contribution >= 0.6 is 0 Å². The number of nitrogen functional groups attached to an aromatic ring is 1. The maximum Gasteiger partial charge on any atom is 0.152 e. The zero-order valence-electron chi connectivity index (χ0n) is 19.2. The molecule has 0 amide bonds. The minimum absolute atomic E-state index is 0.0613. The molecule has 0 aliphatic heterocycles. The van der Waals surface area contributed by atoms with Crippen LogP contribution in [0.15, 0.2) is 85.2 Å². The molecule has 6 heteroatoms. The van der Waals surface area contributed by atoms with Gasteiger partial charge < -0.3 is 19.8 Å². The summed E-state index contributed by atoms with van der Waals surface area (Å²) in [5.74, 6) is 1.30. The average Bonchev–Trinajstić information content (AvgIpc) is 3.33. The normalized spacial score (nSPS) is 12.3. The summed E-state index contributed by atoms with van der Waals surface area (Å²) in [7, 11) is 0. The van der Waals surface area contributed by atoms with Crippen LogP contribution in [0.1, 0.15) is 24.1 Å². The number of para-hydroxylation sites is 1. The number of imidazole rings is 1. The van der Waals surface area contributed by atoms with E-state index >= 15 is 0 Å². The van der Waals surface area contributed by atoms with Gasteiger partial charge >= 0.3 is 0 Å². The molecule has 3 aromatic carbocycles. The van der Waals surface area contributed by atoms with E-state index in [1.165, 1.54) is 5.56 Å². The van der Waals surface area contributed by atoms with Crippen molar-refractivity contribution in [2.24, 2.45) is 0 Å². The van der Waals surface area contributed by atoms with E-state index in [9.17, 15) is 0 Å². The lowest BCUT2D eigenvalue weighted by molar-refractivity contribution is 0.114. The van der Waals surface area contributed by atoms with E-state index in [0.717, 1.165) is 39.7 Å². The number of rotatable bonds is 9. The molecule has 2 heterocycles. The highest BCUT2D eigenvalue weighted by Crippen LogP contribution is 2.30. The lowest BCUT2D eigenvalue weighted by atomic mass is 10.1. The molecular formula is C28H28N4O2. The quantitative estimate of drug-likeness (QED) is 0.317. The Bertz CT molecular complexity index is 1380. The number of nitrogens with two attached hydrogens (primary N) is 1. The topological polar surface area (TPSA) is 75.2 Å². The molecule has 5 rings (SSSR count). The molecule has 0 aliphatic carbocycles. The molecule has 34 heavy (non-hydrogen) atoms. The van der Waals surface area contributed by atoms with Crippen molar-refractivity contribution in [3.63, 3.8) is 0 Å². The van der Waals surface area contributed by atoms with E-state index in [4.69, 9.17) is 15.2 Å². The zero-order chi connectivity index (χ0) is 23.3. The van der Waals surface area contributed by atoms with E-state index in [0.29, 0.717) is 25.6 Å². The number of nitrogens with zero attached hydrogens (tertiary/aromatic N) is 3. The molecule has 0 fully saturated rings. The summed E-state index contributed by atoms with van der Waals surface area (Å²) >= 11 is 0. The van der Waals surface area contributed by atoms with Gasteiger partial charge in [0, 0.05) is 12.0 Å². The number of anilines is 1. The lowest BCUT2D eigenvalue weighted by Gasteiger charge is -2.20. The second-order valence-corrected chi connectivity index (χ2v) is 8.30. The van der Waals surface area contributed by atoms with Gasteiger partial charge in [0.25, 0.3) is 0 Å². The minimum Gasteiger partial charge on any atom is -0.489 e. The van der Waals surface area contributed by atoms with Crippen molar-refractivity contribution in [2.45, 2.75) is 26.0 Å². The highest BCUT2D eigenvalue weighted by Gasteiger charge is 2.19. The maximum absolute atomic E-state index is 6.24. The van der Waals surface area contributed by atoms with Crippen LogP contribution in [-0.2, 0) is 17.8 Å². The van der Waals surface area contributed by atoms with Crippen molar-refractivity contribution in [2.75, 3.05) is 18.9 Å². The Morgan fingerprint density at radius 1 is 0.912 bits per heavy atom. The Morgan fingerprint density at radius 2 is 1.68 bits per heavy atom. The molecule has 0 saturated heterocycles. The predicted molar refractivity (Wildman–Crippen MR) is 136 cm³/mol. The number of ether oxygens (including phenoxy) is 2. The minimum atomic E-state index is 0.0613. The fraction of sp³-hybridized carbons (Fsp3) is 0.214. The van der Waals surface area contributed by atoms with E-state index in [1.54, 1.807) is 0 Å². The number of fused-ring (bicyclic) bond motifs is 3. The first-order valence-corrected chi connectivity index (χ1v) is 11.6. The summed E-state index contributed by atoms with van der Waals surface area (Å²) in [5.41, 5.74) is 11.2. The second kappa shape index (κ2) is 9.93. The molecule has 2 aromatic heterocycles. The van der Waals surface area contributed by atoms with Crippen LogP contribution < -0.4 is 10.5 Å². The SMILES string of the molecule is CCOCC(Cc1ccc(OCc2ccccc2)cc1)n1cnc2c(N)nc3ccccc3c21. The largest absolute Gasteiger partial charge is 0.489 e. The molecule has 5 aromatic rings. The van der Waals surface area contributed by atoms with E-state index in [-0.39, 0.29) is 6.04 Å². The first-order chi connectivity index (χ1) is 16.7. The standard InChI is InChI=1S/C28H28N4O2/c1-2-33-18-22(16-20-12-14-23(15-13-20)34-17-21-8-4-3-5-9-21)32-19-30-26-27(32)24-10-6-7-11-25(24)31-28(26)29/h3-15,19,22H,2,16-18H2,1H3,(H2,29,31). The maximum atomic E-state index is 6.24. The van der Waals surface area contributed by atoms with Crippen molar-refractivity contribution >= 4 is 27.8 Å². The molecule has 2 N–H and O–H groups in total. The van der Waals surface area contributed by atoms with Gasteiger partial charge in [0.1, 0.15) is 17.9 Å². The van der Waals surface area contributed by atoms with Crippen LogP contribution in [0, 0.1) is 0 Å². The third kappa shape index (κ3) is 4.58. The van der Waals surface area contributed by atoms with Crippen LogP contribution in [0.2, 0.25) is 0 Å². The number of benzene rings is 3. The van der Waals surface area contributed by atoms with Gasteiger partial charge in [-0.3, -0.25) is 0 Å². The van der Waals surface area contributed by atoms with Gasteiger partial charge in [0.2, 0.25) is 0 Å². The van der Waals surface area contributed by atoms with Gasteiger partial charge in [0.05, 0.1) is 30.0 Å². The number of hydrogen-bond donors (Lipinski definition) is 1. The fourth-order valence-electron chi connectivity index (χ4n) is 4.27. The highest BCUT2D eigenvalue weighted by molar-refractivity contribution is 6.06. The molecule has 6 nitrogen and oxygen atoms in total. The van der Waals surface area contributed by atoms with E-state index in [2.05, 4.69) is 44.9 Å². The second-order valence-electron chi connectivity index (χ2n) is 8.30. The molecule has 172 valence electrons. The van der Waals surface area contributed by atoms with Crippen molar-refractivity contribution in [1.29, 1.82) is 0 Å². The lowest BCUT2D eigenvalue weighted by Crippen LogP contribution is -2.18. The van der Waals surface area contributed by atoms with Crippen LogP contribution in [0.5, 0.6) is 5.75 Å². The summed E-state index contributed by atoms with van der Waals surface area (Å²) in [6.45, 7) is 3.79. The van der Waals surface area contributed by atoms with Crippen molar-refractivity contribution < 1.29 is 9.47 Å². The average molecular weight is 453 g/mol. The molecule has 0 spiro atoms. The summed E-state index contributed by atoms with van der Waals surface area (Å²) in [4.78, 5) is 9.13. The summed E-state index contributed by atoms with van der Waals surface area (Å²) in [6.07, 6.45) is 2.65. The third-order valence-corrected chi connectivity index (χ3v) is 5.99. The number of hydrogen-bond acceptors (Lipinski definition) is 5. The monoisotopic (exact) mass is 452 g/mol. The van der Waals surface area contributed by atoms with Gasteiger partial charge in [-0.2, -0.15) is 0 Å². The first-order valence-electron chi connectivity index (χ1n) is 11.6. The van der Waals surface area contributed by atoms with Gasteiger partial charge in [-0.1, -0.05) is 60.7 Å². The zero-order valence-corrected chi connectivity index (χ0v) is 19.2. The van der Waals surface area contributed by atoms with Gasteiger partial charge in [-0.15, -0.1) is 0 Å². The highest BCUT2D eigenvalue weighted by atomic mass is 16.5. The fourth-order valence-corrected chi connectivity index (χ4v) is 4.27. The third-order valence-electron chi connectivity index (χ3n) is 5.99. The Kier molecular flexibility index (Phi) is 6.40. The molecule has 0 radical (unpaired) electrons. The van der Waals surface area contributed by atoms with Crippen molar-refractivity contribution in [3.05, 3.63) is 96.3 Å². The number of pyridine rings is 1. The predicted octanol–water partition coefficient (Wildman–Crippen LogP) is 5.57. The van der Waals surface area contributed by atoms with Crippen molar-refractivity contribution in [1.82, 2.24) is 14.5 Å². The smallest absolute Gasteiger partial charge is 0.152 e. The van der Waals surface area contributed by atoms with Crippen LogP contribution in [-0.4, -0.2) is 27.7 Å². The Hall–Kier alpha value is -3.90. The van der Waals surface area contributed by atoms with E-state index < -0.39 is 0 Å². The van der Waals surface area contributed by atoms with Gasteiger partial charge in [-0.05, 0) is 42.7 Å². The molecule has 1 atom stereocenters. The van der Waals surface area contributed by atoms with E-state index in [1.807, 2.05) is 61.8 Å².